The molecular weight excluding hydrogens is 342 g/mol. The van der Waals surface area contributed by atoms with Crippen LogP contribution in [0.3, 0.4) is 0 Å². The van der Waals surface area contributed by atoms with Crippen molar-refractivity contribution in [2.75, 3.05) is 26.2 Å². The molecule has 3 rings (SSSR count). The molecule has 1 fully saturated rings. The molecule has 1 aromatic carbocycles. The first kappa shape index (κ1) is 19.5. The molecule has 2 heterocycles. The number of carbonyl (C=O) groups excluding carboxylic acids is 3. The quantitative estimate of drug-likeness (QED) is 0.748. The van der Waals surface area contributed by atoms with Gasteiger partial charge < -0.3 is 10.2 Å². The van der Waals surface area contributed by atoms with Crippen LogP contribution >= 0.6 is 0 Å². The number of unbranched alkanes of at least 4 members (excludes halogenated alkanes) is 1. The lowest BCUT2D eigenvalue weighted by Gasteiger charge is -2.32. The smallest absolute Gasteiger partial charge is 0.261 e. The molecule has 0 saturated carbocycles. The van der Waals surface area contributed by atoms with Gasteiger partial charge in [0.05, 0.1) is 11.1 Å². The fourth-order valence-corrected chi connectivity index (χ4v) is 3.84. The number of rotatable bonds is 7. The second-order valence-corrected chi connectivity index (χ2v) is 7.47. The molecule has 3 amide bonds. The summed E-state index contributed by atoms with van der Waals surface area (Å²) in [7, 11) is 0. The maximum absolute atomic E-state index is 12.6. The van der Waals surface area contributed by atoms with Crippen molar-refractivity contribution in [3.63, 3.8) is 0 Å². The molecule has 1 aromatic rings. The largest absolute Gasteiger partial charge is 0.349 e. The van der Waals surface area contributed by atoms with Crippen molar-refractivity contribution < 1.29 is 14.4 Å². The van der Waals surface area contributed by atoms with Gasteiger partial charge in [0.1, 0.15) is 0 Å². The summed E-state index contributed by atoms with van der Waals surface area (Å²) in [6.07, 6.45) is 4.74. The molecule has 0 unspecified atom stereocenters. The summed E-state index contributed by atoms with van der Waals surface area (Å²) in [6.45, 7) is 7.74. The normalized spacial score (nSPS) is 18.1. The topological polar surface area (TPSA) is 69.7 Å². The summed E-state index contributed by atoms with van der Waals surface area (Å²) in [6, 6.07) is 5.00. The molecule has 0 aromatic heterocycles. The van der Waals surface area contributed by atoms with Crippen molar-refractivity contribution in [1.29, 1.82) is 0 Å². The molecule has 2 aliphatic rings. The Labute approximate surface area is 160 Å². The maximum Gasteiger partial charge on any atom is 0.261 e. The maximum atomic E-state index is 12.6. The van der Waals surface area contributed by atoms with E-state index >= 15 is 0 Å². The van der Waals surface area contributed by atoms with Crippen molar-refractivity contribution >= 4 is 17.7 Å². The van der Waals surface area contributed by atoms with Crippen LogP contribution in [-0.2, 0) is 0 Å². The molecule has 0 aliphatic carbocycles. The first-order valence-electron chi connectivity index (χ1n) is 10.1. The third-order valence-corrected chi connectivity index (χ3v) is 5.43. The predicted octanol–water partition coefficient (Wildman–Crippen LogP) is 2.69. The SMILES string of the molecule is CCCCN1C(=O)c2ccc(C(=O)NC3CCN(CCC)CC3)cc2C1=O. The number of carbonyl (C=O) groups is 3. The number of imide groups is 1. The number of amides is 3. The van der Waals surface area contributed by atoms with Crippen LogP contribution in [-0.4, -0.2) is 59.7 Å². The Hall–Kier alpha value is -2.21. The van der Waals surface area contributed by atoms with Crippen LogP contribution in [0, 0.1) is 0 Å². The van der Waals surface area contributed by atoms with Crippen molar-refractivity contribution in [2.45, 2.75) is 52.0 Å². The second kappa shape index (κ2) is 8.65. The van der Waals surface area contributed by atoms with Gasteiger partial charge >= 0.3 is 0 Å². The zero-order valence-electron chi connectivity index (χ0n) is 16.3. The van der Waals surface area contributed by atoms with E-state index in [-0.39, 0.29) is 23.8 Å². The van der Waals surface area contributed by atoms with E-state index in [1.165, 1.54) is 4.90 Å². The van der Waals surface area contributed by atoms with Crippen LogP contribution in [0.15, 0.2) is 18.2 Å². The number of benzene rings is 1. The average molecular weight is 371 g/mol. The van der Waals surface area contributed by atoms with Gasteiger partial charge in [-0.25, -0.2) is 0 Å². The van der Waals surface area contributed by atoms with E-state index in [1.54, 1.807) is 18.2 Å². The monoisotopic (exact) mass is 371 g/mol. The van der Waals surface area contributed by atoms with E-state index in [2.05, 4.69) is 17.1 Å². The third-order valence-electron chi connectivity index (χ3n) is 5.43. The Morgan fingerprint density at radius 1 is 1.04 bits per heavy atom. The van der Waals surface area contributed by atoms with Gasteiger partial charge in [-0.3, -0.25) is 19.3 Å². The van der Waals surface area contributed by atoms with Crippen molar-refractivity contribution in [3.05, 3.63) is 34.9 Å². The number of piperidine rings is 1. The van der Waals surface area contributed by atoms with Gasteiger partial charge in [-0.05, 0) is 50.4 Å². The van der Waals surface area contributed by atoms with Crippen LogP contribution in [0.1, 0.15) is 77.0 Å². The predicted molar refractivity (Wildman–Crippen MR) is 104 cm³/mol. The third kappa shape index (κ3) is 4.21. The van der Waals surface area contributed by atoms with E-state index in [0.717, 1.165) is 51.7 Å². The number of likely N-dealkylation sites (tertiary alicyclic amines) is 1. The lowest BCUT2D eigenvalue weighted by Crippen LogP contribution is -2.44. The number of fused-ring (bicyclic) bond motifs is 1. The molecule has 0 radical (unpaired) electrons. The molecule has 0 atom stereocenters. The van der Waals surface area contributed by atoms with Crippen LogP contribution in [0.2, 0.25) is 0 Å². The van der Waals surface area contributed by atoms with E-state index in [9.17, 15) is 14.4 Å². The lowest BCUT2D eigenvalue weighted by atomic mass is 10.0. The van der Waals surface area contributed by atoms with E-state index in [4.69, 9.17) is 0 Å². The molecule has 6 heteroatoms. The van der Waals surface area contributed by atoms with Gasteiger partial charge in [-0.1, -0.05) is 20.3 Å². The van der Waals surface area contributed by atoms with Crippen LogP contribution in [0.4, 0.5) is 0 Å². The lowest BCUT2D eigenvalue weighted by molar-refractivity contribution is 0.0652. The van der Waals surface area contributed by atoms with Gasteiger partial charge in [-0.2, -0.15) is 0 Å². The van der Waals surface area contributed by atoms with Crippen LogP contribution < -0.4 is 5.32 Å². The van der Waals surface area contributed by atoms with E-state index in [1.807, 2.05) is 6.92 Å². The van der Waals surface area contributed by atoms with Crippen LogP contribution in [0.5, 0.6) is 0 Å². The highest BCUT2D eigenvalue weighted by molar-refractivity contribution is 6.22. The molecule has 2 aliphatic heterocycles. The summed E-state index contributed by atoms with van der Waals surface area (Å²) in [5, 5.41) is 3.09. The molecule has 0 spiro atoms. The zero-order chi connectivity index (χ0) is 19.4. The van der Waals surface area contributed by atoms with Gasteiger partial charge in [0.25, 0.3) is 17.7 Å². The van der Waals surface area contributed by atoms with Crippen LogP contribution in [0.25, 0.3) is 0 Å². The molecule has 1 saturated heterocycles. The fraction of sp³-hybridized carbons (Fsp3) is 0.571. The summed E-state index contributed by atoms with van der Waals surface area (Å²) >= 11 is 0. The zero-order valence-corrected chi connectivity index (χ0v) is 16.3. The van der Waals surface area contributed by atoms with E-state index in [0.29, 0.717) is 23.2 Å². The first-order valence-corrected chi connectivity index (χ1v) is 10.1. The molecule has 146 valence electrons. The minimum absolute atomic E-state index is 0.164. The van der Waals surface area contributed by atoms with E-state index < -0.39 is 0 Å². The van der Waals surface area contributed by atoms with Gasteiger partial charge in [0.15, 0.2) is 0 Å². The average Bonchev–Trinajstić information content (AvgIpc) is 2.92. The summed E-state index contributed by atoms with van der Waals surface area (Å²) < 4.78 is 0. The summed E-state index contributed by atoms with van der Waals surface area (Å²) in [4.78, 5) is 41.3. The van der Waals surface area contributed by atoms with Crippen molar-refractivity contribution in [1.82, 2.24) is 15.1 Å². The fourth-order valence-electron chi connectivity index (χ4n) is 3.84. The van der Waals surface area contributed by atoms with Crippen molar-refractivity contribution in [2.24, 2.45) is 0 Å². The van der Waals surface area contributed by atoms with Gasteiger partial charge in [-0.15, -0.1) is 0 Å². The number of hydrogen-bond donors (Lipinski definition) is 1. The Balaban J connectivity index is 1.64. The highest BCUT2D eigenvalue weighted by Gasteiger charge is 2.35. The number of nitrogens with zero attached hydrogens (tertiary/aromatic N) is 2. The molecule has 27 heavy (non-hydrogen) atoms. The van der Waals surface area contributed by atoms with Gasteiger partial charge in [0, 0.05) is 31.2 Å². The van der Waals surface area contributed by atoms with Gasteiger partial charge in [0.2, 0.25) is 0 Å². The minimum Gasteiger partial charge on any atom is -0.349 e. The molecule has 6 nitrogen and oxygen atoms in total. The molecule has 1 N–H and O–H groups in total. The summed E-state index contributed by atoms with van der Waals surface area (Å²) in [5.74, 6) is -0.705. The Bertz CT molecular complexity index is 723. The van der Waals surface area contributed by atoms with Crippen molar-refractivity contribution in [3.8, 4) is 0 Å². The number of nitrogens with one attached hydrogen (secondary N) is 1. The molecular formula is C21H29N3O3. The summed E-state index contributed by atoms with van der Waals surface area (Å²) in [5.41, 5.74) is 1.20. The standard InChI is InChI=1S/C21H29N3O3/c1-3-5-11-24-20(26)17-7-6-15(14-18(17)21(24)27)19(25)22-16-8-12-23(10-4-2)13-9-16/h6-7,14,16H,3-5,8-13H2,1-2H3,(H,22,25). The molecule has 0 bridgehead atoms. The Kier molecular flexibility index (Phi) is 6.26. The Morgan fingerprint density at radius 3 is 2.41 bits per heavy atom. The first-order chi connectivity index (χ1) is 13.0. The Morgan fingerprint density at radius 2 is 1.74 bits per heavy atom. The second-order valence-electron chi connectivity index (χ2n) is 7.47. The number of hydrogen-bond acceptors (Lipinski definition) is 4. The minimum atomic E-state index is -0.286. The highest BCUT2D eigenvalue weighted by Crippen LogP contribution is 2.24. The highest BCUT2D eigenvalue weighted by atomic mass is 16.2.